The van der Waals surface area contributed by atoms with E-state index < -0.39 is 6.09 Å². The Kier molecular flexibility index (Phi) is 5.04. The zero-order valence-corrected chi connectivity index (χ0v) is 14.0. The van der Waals surface area contributed by atoms with E-state index in [0.29, 0.717) is 13.0 Å². The quantitative estimate of drug-likeness (QED) is 0.681. The average Bonchev–Trinajstić information content (AvgIpc) is 3.23. The van der Waals surface area contributed by atoms with Crippen LogP contribution in [0.25, 0.3) is 10.2 Å². The van der Waals surface area contributed by atoms with Crippen LogP contribution in [-0.2, 0) is 11.3 Å². The molecule has 0 bridgehead atoms. The molecule has 0 aromatic carbocycles. The molecule has 8 heteroatoms. The van der Waals surface area contributed by atoms with E-state index in [-0.39, 0.29) is 13.2 Å². The first-order chi connectivity index (χ1) is 10.8. The number of fused-ring (bicyclic) bond motifs is 1. The monoisotopic (exact) mass is 354 g/mol. The largest absolute Gasteiger partial charge is 0.449 e. The second kappa shape index (κ2) is 7.19. The van der Waals surface area contributed by atoms with Gasteiger partial charge in [0.15, 0.2) is 0 Å². The highest BCUT2D eigenvalue weighted by Crippen LogP contribution is 2.36. The van der Waals surface area contributed by atoms with Gasteiger partial charge in [-0.2, -0.15) is 4.37 Å². The lowest BCUT2D eigenvalue weighted by atomic mass is 10.4. The number of aliphatic hydroxyl groups is 1. The first-order valence-electron chi connectivity index (χ1n) is 6.70. The number of ether oxygens (including phenoxy) is 1. The molecule has 0 radical (unpaired) electrons. The minimum absolute atomic E-state index is 0.00787. The van der Waals surface area contributed by atoms with Crippen LogP contribution in [0.2, 0.25) is 0 Å². The van der Waals surface area contributed by atoms with Crippen molar-refractivity contribution in [1.29, 1.82) is 0 Å². The molecule has 1 N–H and O–H groups in total. The second-order valence-electron chi connectivity index (χ2n) is 4.48. The topological polar surface area (TPSA) is 62.7 Å². The number of aliphatic hydroxyl groups excluding tert-OH is 1. The van der Waals surface area contributed by atoms with Crippen molar-refractivity contribution in [3.63, 3.8) is 0 Å². The van der Waals surface area contributed by atoms with Gasteiger partial charge in [-0.15, -0.1) is 22.7 Å². The van der Waals surface area contributed by atoms with Crippen molar-refractivity contribution in [2.45, 2.75) is 13.0 Å². The minimum Gasteiger partial charge on any atom is -0.449 e. The van der Waals surface area contributed by atoms with Gasteiger partial charge in [0.05, 0.1) is 23.4 Å². The fourth-order valence-corrected chi connectivity index (χ4v) is 4.47. The molecule has 3 rings (SSSR count). The molecule has 5 nitrogen and oxygen atoms in total. The zero-order chi connectivity index (χ0) is 15.4. The van der Waals surface area contributed by atoms with E-state index in [2.05, 4.69) is 4.37 Å². The predicted octanol–water partition coefficient (Wildman–Crippen LogP) is 3.94. The molecule has 0 saturated heterocycles. The SMILES string of the molecule is O=C(OCCCO)N(Cc1cccs1)c1snc2ccsc12. The van der Waals surface area contributed by atoms with Crippen molar-refractivity contribution in [2.24, 2.45) is 0 Å². The standard InChI is InChI=1S/C14H14N2O3S3/c17-5-2-6-19-14(18)16(9-10-3-1-7-20-10)13-12-11(15-22-13)4-8-21-12/h1,3-4,7-8,17H,2,5-6,9H2. The van der Waals surface area contributed by atoms with E-state index in [0.717, 1.165) is 20.1 Å². The molecule has 116 valence electrons. The third-order valence-corrected chi connectivity index (χ3v) is 5.74. The molecular weight excluding hydrogens is 340 g/mol. The van der Waals surface area contributed by atoms with Crippen LogP contribution in [0.1, 0.15) is 11.3 Å². The van der Waals surface area contributed by atoms with Crippen molar-refractivity contribution in [1.82, 2.24) is 4.37 Å². The van der Waals surface area contributed by atoms with Gasteiger partial charge in [-0.25, -0.2) is 4.79 Å². The Balaban J connectivity index is 1.85. The number of anilines is 1. The van der Waals surface area contributed by atoms with Crippen molar-refractivity contribution in [3.8, 4) is 0 Å². The summed E-state index contributed by atoms with van der Waals surface area (Å²) < 4.78 is 10.6. The van der Waals surface area contributed by atoms with E-state index >= 15 is 0 Å². The van der Waals surface area contributed by atoms with Gasteiger partial charge in [0, 0.05) is 17.9 Å². The average molecular weight is 354 g/mol. The molecule has 3 aromatic rings. The maximum atomic E-state index is 12.4. The molecule has 0 aliphatic heterocycles. The summed E-state index contributed by atoms with van der Waals surface area (Å²) in [7, 11) is 0. The Morgan fingerprint density at radius 2 is 2.23 bits per heavy atom. The molecule has 0 aliphatic rings. The lowest BCUT2D eigenvalue weighted by molar-refractivity contribution is 0.142. The number of carbonyl (C=O) groups is 1. The van der Waals surface area contributed by atoms with Crippen molar-refractivity contribution in [2.75, 3.05) is 18.1 Å². The Morgan fingerprint density at radius 1 is 1.32 bits per heavy atom. The van der Waals surface area contributed by atoms with E-state index in [9.17, 15) is 4.79 Å². The lowest BCUT2D eigenvalue weighted by Crippen LogP contribution is -2.30. The Morgan fingerprint density at radius 3 is 3.00 bits per heavy atom. The summed E-state index contributed by atoms with van der Waals surface area (Å²) in [5.41, 5.74) is 0.907. The van der Waals surface area contributed by atoms with E-state index in [1.165, 1.54) is 11.5 Å². The first-order valence-corrected chi connectivity index (χ1v) is 9.23. The third-order valence-electron chi connectivity index (χ3n) is 2.96. The fraction of sp³-hybridized carbons (Fsp3) is 0.286. The van der Waals surface area contributed by atoms with Gasteiger partial charge < -0.3 is 9.84 Å². The predicted molar refractivity (Wildman–Crippen MR) is 91.0 cm³/mol. The third kappa shape index (κ3) is 3.30. The molecule has 3 heterocycles. The molecule has 3 aromatic heterocycles. The van der Waals surface area contributed by atoms with Crippen molar-refractivity contribution < 1.29 is 14.6 Å². The highest BCUT2D eigenvalue weighted by molar-refractivity contribution is 7.23. The molecule has 0 fully saturated rings. The van der Waals surface area contributed by atoms with Crippen molar-refractivity contribution in [3.05, 3.63) is 33.8 Å². The first kappa shape index (κ1) is 15.4. The summed E-state index contributed by atoms with van der Waals surface area (Å²) in [6.07, 6.45) is 0.0381. The maximum absolute atomic E-state index is 12.4. The Hall–Kier alpha value is -1.48. The summed E-state index contributed by atoms with van der Waals surface area (Å²) in [6.45, 7) is 0.682. The maximum Gasteiger partial charge on any atom is 0.415 e. The Bertz CT molecular complexity index is 736. The molecule has 0 spiro atoms. The van der Waals surface area contributed by atoms with Crippen LogP contribution < -0.4 is 4.90 Å². The molecule has 22 heavy (non-hydrogen) atoms. The van der Waals surface area contributed by atoms with Crippen LogP contribution >= 0.6 is 34.2 Å². The molecule has 0 atom stereocenters. The summed E-state index contributed by atoms with van der Waals surface area (Å²) in [5, 5.41) is 13.6. The molecular formula is C14H14N2O3S3. The number of hydrogen-bond acceptors (Lipinski definition) is 7. The lowest BCUT2D eigenvalue weighted by Gasteiger charge is -2.19. The van der Waals surface area contributed by atoms with Crippen LogP contribution in [0.3, 0.4) is 0 Å². The van der Waals surface area contributed by atoms with Crippen LogP contribution in [0.4, 0.5) is 9.80 Å². The normalized spacial score (nSPS) is 11.0. The summed E-state index contributed by atoms with van der Waals surface area (Å²) >= 11 is 4.48. The molecule has 0 aliphatic carbocycles. The van der Waals surface area contributed by atoms with Crippen LogP contribution in [-0.4, -0.2) is 28.8 Å². The number of amides is 1. The molecule has 0 unspecified atom stereocenters. The van der Waals surface area contributed by atoms with E-state index in [1.54, 1.807) is 27.6 Å². The number of carbonyl (C=O) groups excluding carboxylic acids is 1. The van der Waals surface area contributed by atoms with E-state index in [1.807, 2.05) is 29.0 Å². The Labute approximate surface area is 139 Å². The second-order valence-corrected chi connectivity index (χ2v) is 7.18. The van der Waals surface area contributed by atoms with Gasteiger partial charge in [-0.1, -0.05) is 6.07 Å². The number of thiophene rings is 2. The van der Waals surface area contributed by atoms with Gasteiger partial charge in [-0.3, -0.25) is 4.90 Å². The van der Waals surface area contributed by atoms with Gasteiger partial charge in [0.1, 0.15) is 5.00 Å². The fourth-order valence-electron chi connectivity index (χ4n) is 1.92. The number of hydrogen-bond donors (Lipinski definition) is 1. The van der Waals surface area contributed by atoms with Gasteiger partial charge in [-0.05, 0) is 34.4 Å². The van der Waals surface area contributed by atoms with Gasteiger partial charge in [0.2, 0.25) is 0 Å². The zero-order valence-electron chi connectivity index (χ0n) is 11.6. The summed E-state index contributed by atoms with van der Waals surface area (Å²) in [4.78, 5) is 15.1. The van der Waals surface area contributed by atoms with Gasteiger partial charge in [0.25, 0.3) is 0 Å². The summed E-state index contributed by atoms with van der Waals surface area (Å²) in [5.74, 6) is 0. The smallest absolute Gasteiger partial charge is 0.415 e. The highest BCUT2D eigenvalue weighted by atomic mass is 32.1. The van der Waals surface area contributed by atoms with Gasteiger partial charge >= 0.3 is 6.09 Å². The molecule has 1 amide bonds. The number of nitrogens with zero attached hydrogens (tertiary/aromatic N) is 2. The van der Waals surface area contributed by atoms with Crippen LogP contribution in [0.15, 0.2) is 29.0 Å². The molecule has 0 saturated carbocycles. The number of aromatic nitrogens is 1. The van der Waals surface area contributed by atoms with E-state index in [4.69, 9.17) is 9.84 Å². The van der Waals surface area contributed by atoms with Crippen molar-refractivity contribution >= 4 is 55.5 Å². The highest BCUT2D eigenvalue weighted by Gasteiger charge is 2.23. The van der Waals surface area contributed by atoms with Crippen LogP contribution in [0, 0.1) is 0 Å². The minimum atomic E-state index is -0.402. The summed E-state index contributed by atoms with van der Waals surface area (Å²) in [6, 6.07) is 5.90. The number of rotatable bonds is 6. The van der Waals surface area contributed by atoms with Crippen LogP contribution in [0.5, 0.6) is 0 Å².